The summed E-state index contributed by atoms with van der Waals surface area (Å²) >= 11 is 0. The van der Waals surface area contributed by atoms with E-state index in [4.69, 9.17) is 0 Å². The highest BCUT2D eigenvalue weighted by Gasteiger charge is 2.30. The van der Waals surface area contributed by atoms with Gasteiger partial charge in [0.05, 0.1) is 24.3 Å². The van der Waals surface area contributed by atoms with Gasteiger partial charge in [0.1, 0.15) is 5.82 Å². The third kappa shape index (κ3) is 3.98. The molecule has 11 heteroatoms. The Kier molecular flexibility index (Phi) is 4.99. The van der Waals surface area contributed by atoms with Crippen molar-refractivity contribution in [3.8, 4) is 0 Å². The van der Waals surface area contributed by atoms with Crippen molar-refractivity contribution in [3.05, 3.63) is 53.2 Å². The van der Waals surface area contributed by atoms with Gasteiger partial charge in [0.15, 0.2) is 5.82 Å². The Bertz CT molecular complexity index is 946. The number of nitrogens with zero attached hydrogens (tertiary/aromatic N) is 6. The third-order valence-corrected chi connectivity index (χ3v) is 4.61. The number of hydrogen-bond acceptors (Lipinski definition) is 6. The number of alkyl halides is 3. The van der Waals surface area contributed by atoms with Crippen molar-refractivity contribution >= 4 is 5.82 Å². The molecule has 1 aromatic carbocycles. The van der Waals surface area contributed by atoms with E-state index < -0.39 is 11.7 Å². The van der Waals surface area contributed by atoms with Gasteiger partial charge in [-0.3, -0.25) is 5.32 Å². The van der Waals surface area contributed by atoms with Gasteiger partial charge in [0.25, 0.3) is 0 Å². The average Bonchev–Trinajstić information content (AvgIpc) is 3.29. The van der Waals surface area contributed by atoms with Gasteiger partial charge >= 0.3 is 6.18 Å². The second-order valence-electron chi connectivity index (χ2n) is 6.56. The Morgan fingerprint density at radius 2 is 2.07 bits per heavy atom. The van der Waals surface area contributed by atoms with Gasteiger partial charge in [0, 0.05) is 26.1 Å². The highest BCUT2D eigenvalue weighted by molar-refractivity contribution is 5.42. The summed E-state index contributed by atoms with van der Waals surface area (Å²) in [6, 6.07) is 5.24. The van der Waals surface area contributed by atoms with E-state index in [1.54, 1.807) is 17.1 Å². The van der Waals surface area contributed by atoms with Crippen molar-refractivity contribution in [2.45, 2.75) is 38.7 Å². The number of hydrogen-bond donors (Lipinski definition) is 2. The monoisotopic (exact) mass is 392 g/mol. The number of nitrogens with one attached hydrogen (secondary N) is 2. The molecule has 3 aromatic rings. The number of fused-ring (bicyclic) bond motifs is 1. The lowest BCUT2D eigenvalue weighted by atomic mass is 10.1. The molecule has 8 nitrogen and oxygen atoms in total. The molecule has 0 saturated carbocycles. The number of halogens is 3. The number of imidazole rings is 1. The van der Waals surface area contributed by atoms with Crippen molar-refractivity contribution in [1.82, 2.24) is 35.1 Å². The van der Waals surface area contributed by atoms with Crippen molar-refractivity contribution in [3.63, 3.8) is 0 Å². The fourth-order valence-corrected chi connectivity index (χ4v) is 3.21. The first kappa shape index (κ1) is 18.4. The summed E-state index contributed by atoms with van der Waals surface area (Å²) in [6.07, 6.45) is -1.56. The van der Waals surface area contributed by atoms with Gasteiger partial charge < -0.3 is 9.88 Å². The molecule has 1 aliphatic rings. The van der Waals surface area contributed by atoms with Crippen molar-refractivity contribution < 1.29 is 13.2 Å². The molecule has 148 valence electrons. The normalized spacial score (nSPS) is 14.0. The SMILES string of the molecule is FC(F)(F)c1cccc(Cc2nnnn2CCCn2cnc3c2CNCN3)c1. The maximum absolute atomic E-state index is 12.9. The van der Waals surface area contributed by atoms with Crippen LogP contribution in [0.25, 0.3) is 0 Å². The Balaban J connectivity index is 1.39. The Labute approximate surface area is 158 Å². The zero-order chi connectivity index (χ0) is 19.6. The highest BCUT2D eigenvalue weighted by Crippen LogP contribution is 2.29. The van der Waals surface area contributed by atoms with E-state index in [1.807, 2.05) is 0 Å². The smallest absolute Gasteiger partial charge is 0.356 e. The third-order valence-electron chi connectivity index (χ3n) is 4.61. The minimum absolute atomic E-state index is 0.241. The lowest BCUT2D eigenvalue weighted by molar-refractivity contribution is -0.137. The fraction of sp³-hybridized carbons (Fsp3) is 0.412. The first-order valence-electron chi connectivity index (χ1n) is 8.90. The van der Waals surface area contributed by atoms with Gasteiger partial charge in [0.2, 0.25) is 0 Å². The van der Waals surface area contributed by atoms with Crippen LogP contribution < -0.4 is 10.6 Å². The minimum Gasteiger partial charge on any atom is -0.356 e. The molecule has 0 aliphatic carbocycles. The molecule has 0 saturated heterocycles. The van der Waals surface area contributed by atoms with Crippen LogP contribution in [0.15, 0.2) is 30.6 Å². The highest BCUT2D eigenvalue weighted by atomic mass is 19.4. The van der Waals surface area contributed by atoms with Crippen LogP contribution in [0.5, 0.6) is 0 Å². The minimum atomic E-state index is -4.37. The molecule has 1 aliphatic heterocycles. The van der Waals surface area contributed by atoms with Crippen LogP contribution in [-0.2, 0) is 32.2 Å². The lowest BCUT2D eigenvalue weighted by Crippen LogP contribution is -2.28. The van der Waals surface area contributed by atoms with E-state index in [0.29, 0.717) is 24.6 Å². The van der Waals surface area contributed by atoms with E-state index in [-0.39, 0.29) is 6.42 Å². The summed E-state index contributed by atoms with van der Waals surface area (Å²) < 4.78 is 42.4. The zero-order valence-electron chi connectivity index (χ0n) is 14.9. The number of aromatic nitrogens is 6. The summed E-state index contributed by atoms with van der Waals surface area (Å²) in [7, 11) is 0. The fourth-order valence-electron chi connectivity index (χ4n) is 3.21. The van der Waals surface area contributed by atoms with Crippen molar-refractivity contribution in [1.29, 1.82) is 0 Å². The van der Waals surface area contributed by atoms with E-state index in [9.17, 15) is 13.2 Å². The number of anilines is 1. The van der Waals surface area contributed by atoms with E-state index >= 15 is 0 Å². The average molecular weight is 392 g/mol. The second-order valence-corrected chi connectivity index (χ2v) is 6.56. The first-order chi connectivity index (χ1) is 13.5. The van der Waals surface area contributed by atoms with Crippen LogP contribution in [-0.4, -0.2) is 36.4 Å². The maximum atomic E-state index is 12.9. The van der Waals surface area contributed by atoms with Gasteiger partial charge in [-0.05, 0) is 28.5 Å². The van der Waals surface area contributed by atoms with Gasteiger partial charge in [-0.1, -0.05) is 18.2 Å². The summed E-state index contributed by atoms with van der Waals surface area (Å²) in [5, 5.41) is 18.0. The summed E-state index contributed by atoms with van der Waals surface area (Å²) in [5.41, 5.74) is 0.954. The molecule has 28 heavy (non-hydrogen) atoms. The van der Waals surface area contributed by atoms with Gasteiger partial charge in [-0.25, -0.2) is 9.67 Å². The van der Waals surface area contributed by atoms with Gasteiger partial charge in [-0.2, -0.15) is 13.2 Å². The molecule has 2 N–H and O–H groups in total. The molecular formula is C17H19F3N8. The Morgan fingerprint density at radius 3 is 2.93 bits per heavy atom. The summed E-state index contributed by atoms with van der Waals surface area (Å²) in [5.74, 6) is 1.43. The van der Waals surface area contributed by atoms with Gasteiger partial charge in [-0.15, -0.1) is 5.10 Å². The molecule has 0 amide bonds. The molecule has 0 spiro atoms. The van der Waals surface area contributed by atoms with E-state index in [1.165, 1.54) is 6.07 Å². The molecule has 0 unspecified atom stereocenters. The van der Waals surface area contributed by atoms with Crippen LogP contribution in [0.4, 0.5) is 19.0 Å². The van der Waals surface area contributed by atoms with Crippen molar-refractivity contribution in [2.75, 3.05) is 12.0 Å². The van der Waals surface area contributed by atoms with Crippen LogP contribution in [0.2, 0.25) is 0 Å². The Morgan fingerprint density at radius 1 is 1.18 bits per heavy atom. The first-order valence-corrected chi connectivity index (χ1v) is 8.90. The molecule has 4 rings (SSSR count). The van der Waals surface area contributed by atoms with E-state index in [2.05, 4.69) is 35.7 Å². The number of tetrazole rings is 1. The van der Waals surface area contributed by atoms with Crippen LogP contribution in [0.1, 0.15) is 29.1 Å². The lowest BCUT2D eigenvalue weighted by Gasteiger charge is -2.16. The molecular weight excluding hydrogens is 373 g/mol. The van der Waals surface area contributed by atoms with Crippen LogP contribution in [0.3, 0.4) is 0 Å². The summed E-state index contributed by atoms with van der Waals surface area (Å²) in [6.45, 7) is 2.77. The zero-order valence-corrected chi connectivity index (χ0v) is 14.9. The standard InChI is InChI=1S/C17H19F3N8/c18-17(19,20)13-4-1-3-12(7-13)8-15-24-25-26-28(15)6-2-5-27-11-23-16-14(27)9-21-10-22-16/h1,3-4,7,11,21-22H,2,5-6,8-10H2. The molecule has 0 bridgehead atoms. The number of rotatable bonds is 6. The maximum Gasteiger partial charge on any atom is 0.416 e. The molecule has 3 heterocycles. The van der Waals surface area contributed by atoms with E-state index in [0.717, 1.165) is 43.2 Å². The van der Waals surface area contributed by atoms with Crippen LogP contribution in [0, 0.1) is 0 Å². The molecule has 0 fully saturated rings. The Hall–Kier alpha value is -2.95. The van der Waals surface area contributed by atoms with Crippen LogP contribution >= 0.6 is 0 Å². The van der Waals surface area contributed by atoms with Crippen molar-refractivity contribution in [2.24, 2.45) is 0 Å². The largest absolute Gasteiger partial charge is 0.416 e. The second kappa shape index (κ2) is 7.58. The predicted octanol–water partition coefficient (Wildman–Crippen LogP) is 2.04. The molecule has 0 radical (unpaired) electrons. The molecule has 0 atom stereocenters. The number of benzene rings is 1. The quantitative estimate of drug-likeness (QED) is 0.668. The molecule has 2 aromatic heterocycles. The topological polar surface area (TPSA) is 85.5 Å². The predicted molar refractivity (Wildman–Crippen MR) is 94.2 cm³/mol. The summed E-state index contributed by atoms with van der Waals surface area (Å²) in [4.78, 5) is 4.35. The number of aryl methyl sites for hydroxylation is 2.